The molecule has 0 atom stereocenters. The van der Waals surface area contributed by atoms with E-state index in [9.17, 15) is 9.59 Å². The van der Waals surface area contributed by atoms with E-state index < -0.39 is 5.91 Å². The zero-order chi connectivity index (χ0) is 21.2. The number of nitrogens with one attached hydrogen (secondary N) is 3. The van der Waals surface area contributed by atoms with Gasteiger partial charge in [0.2, 0.25) is 6.41 Å². The van der Waals surface area contributed by atoms with Gasteiger partial charge >= 0.3 is 0 Å². The van der Waals surface area contributed by atoms with Crippen molar-refractivity contribution in [3.8, 4) is 5.75 Å². The van der Waals surface area contributed by atoms with Crippen LogP contribution in [0, 0.1) is 0 Å². The van der Waals surface area contributed by atoms with E-state index in [2.05, 4.69) is 25.9 Å². The van der Waals surface area contributed by atoms with E-state index in [4.69, 9.17) is 10.5 Å². The first kappa shape index (κ1) is 21.9. The molecule has 156 valence electrons. The number of amides is 2. The first-order chi connectivity index (χ1) is 13.9. The van der Waals surface area contributed by atoms with Gasteiger partial charge in [-0.05, 0) is 38.8 Å². The molecule has 1 heterocycles. The molecule has 0 unspecified atom stereocenters. The summed E-state index contributed by atoms with van der Waals surface area (Å²) in [6, 6.07) is 7.43. The largest absolute Gasteiger partial charge is 0.493 e. The van der Waals surface area contributed by atoms with E-state index in [1.54, 1.807) is 6.07 Å². The van der Waals surface area contributed by atoms with Crippen LogP contribution in [-0.4, -0.2) is 41.5 Å². The van der Waals surface area contributed by atoms with Crippen LogP contribution in [0.3, 0.4) is 0 Å². The first-order valence-electron chi connectivity index (χ1n) is 9.58. The van der Waals surface area contributed by atoms with Gasteiger partial charge in [0.1, 0.15) is 11.6 Å². The minimum atomic E-state index is -0.652. The number of aromatic nitrogens is 2. The molecule has 2 amide bonds. The second kappa shape index (κ2) is 10.8. The van der Waals surface area contributed by atoms with Crippen LogP contribution < -0.4 is 26.4 Å². The molecule has 9 heteroatoms. The number of hydrogen-bond donors (Lipinski definition) is 4. The highest BCUT2D eigenvalue weighted by molar-refractivity contribution is 5.96. The second-order valence-electron chi connectivity index (χ2n) is 6.66. The van der Waals surface area contributed by atoms with E-state index in [1.807, 2.05) is 39.0 Å². The molecule has 1 aromatic carbocycles. The SMILES string of the molecule is CCc1nc(C(N)=O)c(Nc2cccc(OCCCNC=O)c2)nc1NC(C)C. The van der Waals surface area contributed by atoms with Crippen molar-refractivity contribution in [3.05, 3.63) is 35.7 Å². The summed E-state index contributed by atoms with van der Waals surface area (Å²) < 4.78 is 5.69. The molecule has 0 saturated heterocycles. The number of hydrogen-bond acceptors (Lipinski definition) is 7. The van der Waals surface area contributed by atoms with Crippen LogP contribution in [0.25, 0.3) is 0 Å². The van der Waals surface area contributed by atoms with Crippen molar-refractivity contribution in [2.24, 2.45) is 5.73 Å². The molecule has 0 aliphatic rings. The molecule has 0 bridgehead atoms. The Morgan fingerprint density at radius 2 is 2.07 bits per heavy atom. The molecular weight excluding hydrogens is 372 g/mol. The zero-order valence-corrected chi connectivity index (χ0v) is 17.0. The summed E-state index contributed by atoms with van der Waals surface area (Å²) in [5, 5.41) is 8.95. The molecule has 0 saturated carbocycles. The summed E-state index contributed by atoms with van der Waals surface area (Å²) in [5.74, 6) is 0.900. The van der Waals surface area contributed by atoms with Gasteiger partial charge in [0.15, 0.2) is 11.5 Å². The van der Waals surface area contributed by atoms with Crippen LogP contribution in [0.15, 0.2) is 24.3 Å². The van der Waals surface area contributed by atoms with Crippen molar-refractivity contribution in [1.29, 1.82) is 0 Å². The highest BCUT2D eigenvalue weighted by atomic mass is 16.5. The van der Waals surface area contributed by atoms with E-state index in [1.165, 1.54) is 0 Å². The molecule has 1 aromatic heterocycles. The summed E-state index contributed by atoms with van der Waals surface area (Å²) in [4.78, 5) is 31.1. The van der Waals surface area contributed by atoms with Gasteiger partial charge in [0.25, 0.3) is 5.91 Å². The van der Waals surface area contributed by atoms with Gasteiger partial charge < -0.3 is 26.4 Å². The number of primary amides is 1. The lowest BCUT2D eigenvalue weighted by atomic mass is 10.2. The summed E-state index contributed by atoms with van der Waals surface area (Å²) >= 11 is 0. The average molecular weight is 400 g/mol. The van der Waals surface area contributed by atoms with Crippen molar-refractivity contribution >= 4 is 29.6 Å². The van der Waals surface area contributed by atoms with Gasteiger partial charge in [-0.1, -0.05) is 13.0 Å². The Labute approximate surface area is 170 Å². The number of aryl methyl sites for hydroxylation is 1. The normalized spacial score (nSPS) is 10.5. The van der Waals surface area contributed by atoms with E-state index in [0.29, 0.717) is 55.4 Å². The molecule has 0 aliphatic heterocycles. The summed E-state index contributed by atoms with van der Waals surface area (Å²) in [6.07, 6.45) is 1.97. The molecule has 5 N–H and O–H groups in total. The number of anilines is 3. The number of nitrogens with zero attached hydrogens (tertiary/aromatic N) is 2. The van der Waals surface area contributed by atoms with Gasteiger partial charge in [-0.25, -0.2) is 9.97 Å². The van der Waals surface area contributed by atoms with Crippen LogP contribution in [0.2, 0.25) is 0 Å². The minimum Gasteiger partial charge on any atom is -0.493 e. The van der Waals surface area contributed by atoms with Crippen LogP contribution in [0.5, 0.6) is 5.75 Å². The molecule has 0 spiro atoms. The third-order valence-corrected chi connectivity index (χ3v) is 3.88. The Balaban J connectivity index is 2.22. The zero-order valence-electron chi connectivity index (χ0n) is 17.0. The lowest BCUT2D eigenvalue weighted by Gasteiger charge is -2.17. The number of benzene rings is 1. The fraction of sp³-hybridized carbons (Fsp3) is 0.400. The fourth-order valence-corrected chi connectivity index (χ4v) is 2.59. The van der Waals surface area contributed by atoms with Gasteiger partial charge in [0, 0.05) is 24.3 Å². The Morgan fingerprint density at radius 3 is 2.72 bits per heavy atom. The maximum absolute atomic E-state index is 11.9. The number of rotatable bonds is 12. The maximum Gasteiger partial charge on any atom is 0.271 e. The van der Waals surface area contributed by atoms with Crippen LogP contribution in [0.4, 0.5) is 17.3 Å². The van der Waals surface area contributed by atoms with E-state index in [-0.39, 0.29) is 17.6 Å². The van der Waals surface area contributed by atoms with Gasteiger partial charge in [-0.2, -0.15) is 0 Å². The van der Waals surface area contributed by atoms with Crippen molar-refractivity contribution in [2.45, 2.75) is 39.7 Å². The lowest BCUT2D eigenvalue weighted by Crippen LogP contribution is -2.21. The summed E-state index contributed by atoms with van der Waals surface area (Å²) in [5.41, 5.74) is 6.97. The van der Waals surface area contributed by atoms with Crippen LogP contribution >= 0.6 is 0 Å². The predicted molar refractivity (Wildman–Crippen MR) is 113 cm³/mol. The molecule has 0 fully saturated rings. The van der Waals surface area contributed by atoms with Gasteiger partial charge in [0.05, 0.1) is 12.3 Å². The number of nitrogens with two attached hydrogens (primary N) is 1. The summed E-state index contributed by atoms with van der Waals surface area (Å²) in [6.45, 7) is 6.96. The van der Waals surface area contributed by atoms with Crippen molar-refractivity contribution in [1.82, 2.24) is 15.3 Å². The average Bonchev–Trinajstić information content (AvgIpc) is 2.67. The number of carbonyl (C=O) groups excluding carboxylic acids is 2. The van der Waals surface area contributed by atoms with Gasteiger partial charge in [-0.3, -0.25) is 9.59 Å². The Kier molecular flexibility index (Phi) is 8.20. The van der Waals surface area contributed by atoms with E-state index in [0.717, 1.165) is 0 Å². The standard InChI is InChI=1S/C20H28N6O3/c1-4-16-19(23-13(2)3)26-20(17(25-16)18(21)28)24-14-7-5-8-15(11-14)29-10-6-9-22-12-27/h5,7-8,11-13H,4,6,9-10H2,1-3H3,(H2,21,28)(H,22,27)(H2,23,24,26). The smallest absolute Gasteiger partial charge is 0.271 e. The third-order valence-electron chi connectivity index (χ3n) is 3.88. The molecule has 0 aliphatic carbocycles. The molecule has 0 radical (unpaired) electrons. The highest BCUT2D eigenvalue weighted by Crippen LogP contribution is 2.25. The Morgan fingerprint density at radius 1 is 1.28 bits per heavy atom. The predicted octanol–water partition coefficient (Wildman–Crippen LogP) is 2.22. The summed E-state index contributed by atoms with van der Waals surface area (Å²) in [7, 11) is 0. The molecule has 2 rings (SSSR count). The lowest BCUT2D eigenvalue weighted by molar-refractivity contribution is -0.109. The van der Waals surface area contributed by atoms with Crippen LogP contribution in [-0.2, 0) is 11.2 Å². The second-order valence-corrected chi connectivity index (χ2v) is 6.66. The number of carbonyl (C=O) groups is 2. The monoisotopic (exact) mass is 400 g/mol. The van der Waals surface area contributed by atoms with Crippen LogP contribution in [0.1, 0.15) is 43.4 Å². The topological polar surface area (TPSA) is 131 Å². The quantitative estimate of drug-likeness (QED) is 0.317. The Hall–Kier alpha value is -3.36. The number of ether oxygens (including phenoxy) is 1. The molecular formula is C20H28N6O3. The van der Waals surface area contributed by atoms with Crippen molar-refractivity contribution in [2.75, 3.05) is 23.8 Å². The van der Waals surface area contributed by atoms with Crippen molar-refractivity contribution < 1.29 is 14.3 Å². The first-order valence-corrected chi connectivity index (χ1v) is 9.58. The maximum atomic E-state index is 11.9. The van der Waals surface area contributed by atoms with Crippen molar-refractivity contribution in [3.63, 3.8) is 0 Å². The Bertz CT molecular complexity index is 841. The molecule has 29 heavy (non-hydrogen) atoms. The highest BCUT2D eigenvalue weighted by Gasteiger charge is 2.17. The molecule has 9 nitrogen and oxygen atoms in total. The van der Waals surface area contributed by atoms with Gasteiger partial charge in [-0.15, -0.1) is 0 Å². The molecule has 2 aromatic rings. The minimum absolute atomic E-state index is 0.0856. The fourth-order valence-electron chi connectivity index (χ4n) is 2.59. The third kappa shape index (κ3) is 6.63. The van der Waals surface area contributed by atoms with E-state index >= 15 is 0 Å².